The maximum atomic E-state index is 14.1. The summed E-state index contributed by atoms with van der Waals surface area (Å²) in [6.45, 7) is 1.94. The van der Waals surface area contributed by atoms with Crippen molar-refractivity contribution >= 4 is 17.2 Å². The van der Waals surface area contributed by atoms with E-state index in [4.69, 9.17) is 14.2 Å². The van der Waals surface area contributed by atoms with Crippen LogP contribution >= 0.6 is 0 Å². The Kier molecular flexibility index (Phi) is 7.75. The number of methoxy groups -OCH3 is 1. The van der Waals surface area contributed by atoms with Gasteiger partial charge >= 0.3 is 5.97 Å². The molecule has 8 heteroatoms. The summed E-state index contributed by atoms with van der Waals surface area (Å²) in [6.07, 6.45) is 1.66. The van der Waals surface area contributed by atoms with Crippen LogP contribution in [0.15, 0.2) is 72.8 Å². The van der Waals surface area contributed by atoms with E-state index in [0.717, 1.165) is 5.56 Å². The van der Waals surface area contributed by atoms with Gasteiger partial charge in [0.1, 0.15) is 30.5 Å². The number of carbonyl (C=O) groups is 1. The van der Waals surface area contributed by atoms with Gasteiger partial charge in [0.15, 0.2) is 0 Å². The first-order chi connectivity index (χ1) is 15.9. The molecule has 7 nitrogen and oxygen atoms in total. The normalized spacial score (nSPS) is 11.1. The molecule has 0 amide bonds. The summed E-state index contributed by atoms with van der Waals surface area (Å²) in [5, 5.41) is 10.7. The van der Waals surface area contributed by atoms with Crippen molar-refractivity contribution in [3.63, 3.8) is 0 Å². The van der Waals surface area contributed by atoms with E-state index in [0.29, 0.717) is 16.7 Å². The number of hydrogen-bond acceptors (Lipinski definition) is 6. The third-order valence-corrected chi connectivity index (χ3v) is 4.79. The number of nitro benzene ring substituents is 1. The standard InChI is InChI=1S/C25H22FNO6/c1-3-23(25(28)31-2)24-7-5-4-6-18(24)16-33-22-13-19(26)12-21(14-22)32-15-17-8-10-20(11-9-17)27(29)30/h3-14H,15-16H2,1-2H3. The Bertz CT molecular complexity index is 1170. The molecule has 3 aromatic rings. The molecular weight excluding hydrogens is 429 g/mol. The van der Waals surface area contributed by atoms with Crippen LogP contribution in [0.1, 0.15) is 23.6 Å². The van der Waals surface area contributed by atoms with Crippen LogP contribution in [-0.2, 0) is 22.7 Å². The van der Waals surface area contributed by atoms with Crippen molar-refractivity contribution in [1.82, 2.24) is 0 Å². The van der Waals surface area contributed by atoms with Gasteiger partial charge in [0.05, 0.1) is 17.6 Å². The number of allylic oxidation sites excluding steroid dienone is 1. The van der Waals surface area contributed by atoms with Crippen LogP contribution < -0.4 is 9.47 Å². The SMILES string of the molecule is CC=C(C(=O)OC)c1ccccc1COc1cc(F)cc(OCc2ccc([N+](=O)[O-])cc2)c1. The molecule has 0 saturated heterocycles. The smallest absolute Gasteiger partial charge is 0.338 e. The molecule has 3 aromatic carbocycles. The van der Waals surface area contributed by atoms with Crippen molar-refractivity contribution in [3.05, 3.63) is 105 Å². The Balaban J connectivity index is 1.71. The minimum atomic E-state index is -0.539. The molecule has 0 atom stereocenters. The summed E-state index contributed by atoms with van der Waals surface area (Å²) in [7, 11) is 1.32. The minimum Gasteiger partial charge on any atom is -0.489 e. The molecular formula is C25H22FNO6. The molecule has 0 aromatic heterocycles. The van der Waals surface area contributed by atoms with E-state index in [1.54, 1.807) is 43.3 Å². The second-order valence-electron chi connectivity index (χ2n) is 6.97. The van der Waals surface area contributed by atoms with E-state index in [-0.39, 0.29) is 30.4 Å². The summed E-state index contributed by atoms with van der Waals surface area (Å²) in [6, 6.07) is 17.1. The van der Waals surface area contributed by atoms with Crippen molar-refractivity contribution in [2.24, 2.45) is 0 Å². The second kappa shape index (κ2) is 10.9. The van der Waals surface area contributed by atoms with Crippen molar-refractivity contribution in [2.75, 3.05) is 7.11 Å². The topological polar surface area (TPSA) is 87.9 Å². The van der Waals surface area contributed by atoms with Crippen LogP contribution in [0.2, 0.25) is 0 Å². The van der Waals surface area contributed by atoms with Crippen LogP contribution in [0.25, 0.3) is 5.57 Å². The van der Waals surface area contributed by atoms with Crippen molar-refractivity contribution in [3.8, 4) is 11.5 Å². The Morgan fingerprint density at radius 1 is 1.00 bits per heavy atom. The first-order valence-electron chi connectivity index (χ1n) is 10.0. The molecule has 0 heterocycles. The summed E-state index contributed by atoms with van der Waals surface area (Å²) in [4.78, 5) is 22.3. The number of carbonyl (C=O) groups excluding carboxylic acids is 1. The molecule has 0 bridgehead atoms. The quantitative estimate of drug-likeness (QED) is 0.186. The lowest BCUT2D eigenvalue weighted by molar-refractivity contribution is -0.384. The first kappa shape index (κ1) is 23.5. The fourth-order valence-corrected chi connectivity index (χ4v) is 3.15. The average molecular weight is 451 g/mol. The maximum Gasteiger partial charge on any atom is 0.338 e. The van der Waals surface area contributed by atoms with Crippen molar-refractivity contribution < 1.29 is 28.3 Å². The highest BCUT2D eigenvalue weighted by molar-refractivity contribution is 6.16. The molecule has 170 valence electrons. The summed E-state index contributed by atoms with van der Waals surface area (Å²) in [5.74, 6) is -0.496. The number of rotatable bonds is 9. The highest BCUT2D eigenvalue weighted by atomic mass is 19.1. The number of nitrogens with zero attached hydrogens (tertiary/aromatic N) is 1. The van der Waals surface area contributed by atoms with Gasteiger partial charge in [-0.2, -0.15) is 0 Å². The highest BCUT2D eigenvalue weighted by Gasteiger charge is 2.15. The minimum absolute atomic E-state index is 0.0197. The number of non-ortho nitro benzene ring substituents is 1. The van der Waals surface area contributed by atoms with Gasteiger partial charge in [-0.25, -0.2) is 9.18 Å². The fraction of sp³-hybridized carbons (Fsp3) is 0.160. The van der Waals surface area contributed by atoms with E-state index in [1.807, 2.05) is 12.1 Å². The third-order valence-electron chi connectivity index (χ3n) is 4.79. The highest BCUT2D eigenvalue weighted by Crippen LogP contribution is 2.26. The van der Waals surface area contributed by atoms with E-state index in [9.17, 15) is 19.3 Å². The molecule has 3 rings (SSSR count). The lowest BCUT2D eigenvalue weighted by Crippen LogP contribution is -2.07. The Morgan fingerprint density at radius 3 is 2.24 bits per heavy atom. The Morgan fingerprint density at radius 2 is 1.64 bits per heavy atom. The molecule has 0 unspecified atom stereocenters. The third kappa shape index (κ3) is 6.16. The van der Waals surface area contributed by atoms with Gasteiger partial charge in [-0.05, 0) is 35.7 Å². The second-order valence-corrected chi connectivity index (χ2v) is 6.97. The number of nitro groups is 1. The van der Waals surface area contributed by atoms with Gasteiger partial charge in [0.25, 0.3) is 5.69 Å². The number of esters is 1. The van der Waals surface area contributed by atoms with E-state index >= 15 is 0 Å². The van der Waals surface area contributed by atoms with Crippen LogP contribution in [-0.4, -0.2) is 18.0 Å². The largest absolute Gasteiger partial charge is 0.489 e. The summed E-state index contributed by atoms with van der Waals surface area (Å²) >= 11 is 0. The van der Waals surface area contributed by atoms with Gasteiger partial charge in [0, 0.05) is 30.3 Å². The predicted octanol–water partition coefficient (Wildman–Crippen LogP) is 5.47. The number of hydrogen-bond donors (Lipinski definition) is 0. The van der Waals surface area contributed by atoms with E-state index < -0.39 is 16.7 Å². The zero-order valence-electron chi connectivity index (χ0n) is 18.1. The van der Waals surface area contributed by atoms with Crippen LogP contribution in [0.4, 0.5) is 10.1 Å². The molecule has 0 N–H and O–H groups in total. The predicted molar refractivity (Wildman–Crippen MR) is 120 cm³/mol. The molecule has 33 heavy (non-hydrogen) atoms. The monoisotopic (exact) mass is 451 g/mol. The average Bonchev–Trinajstić information content (AvgIpc) is 2.82. The van der Waals surface area contributed by atoms with Crippen molar-refractivity contribution in [1.29, 1.82) is 0 Å². The molecule has 0 aliphatic rings. The molecule has 0 fully saturated rings. The molecule has 0 aliphatic heterocycles. The lowest BCUT2D eigenvalue weighted by atomic mass is 10.00. The summed E-state index contributed by atoms with van der Waals surface area (Å²) in [5.41, 5.74) is 2.48. The zero-order chi connectivity index (χ0) is 23.8. The van der Waals surface area contributed by atoms with Gasteiger partial charge in [-0.1, -0.05) is 30.3 Å². The fourth-order valence-electron chi connectivity index (χ4n) is 3.15. The summed E-state index contributed by atoms with van der Waals surface area (Å²) < 4.78 is 30.4. The Labute approximate surface area is 190 Å². The van der Waals surface area contributed by atoms with E-state index in [2.05, 4.69) is 0 Å². The molecule has 0 aliphatic carbocycles. The zero-order valence-corrected chi connectivity index (χ0v) is 18.1. The van der Waals surface area contributed by atoms with Gasteiger partial charge < -0.3 is 14.2 Å². The van der Waals surface area contributed by atoms with Crippen molar-refractivity contribution in [2.45, 2.75) is 20.1 Å². The number of halogens is 1. The first-order valence-corrected chi connectivity index (χ1v) is 10.0. The van der Waals surface area contributed by atoms with Gasteiger partial charge in [-0.15, -0.1) is 0 Å². The lowest BCUT2D eigenvalue weighted by Gasteiger charge is -2.14. The van der Waals surface area contributed by atoms with Crippen LogP contribution in [0.5, 0.6) is 11.5 Å². The van der Waals surface area contributed by atoms with E-state index in [1.165, 1.54) is 31.4 Å². The molecule has 0 saturated carbocycles. The number of ether oxygens (including phenoxy) is 3. The van der Waals surface area contributed by atoms with Crippen LogP contribution in [0.3, 0.4) is 0 Å². The van der Waals surface area contributed by atoms with Crippen LogP contribution in [0, 0.1) is 15.9 Å². The molecule has 0 spiro atoms. The number of benzene rings is 3. The van der Waals surface area contributed by atoms with Gasteiger partial charge in [-0.3, -0.25) is 10.1 Å². The van der Waals surface area contributed by atoms with Gasteiger partial charge in [0.2, 0.25) is 0 Å². The Hall–Kier alpha value is -4.20. The molecule has 0 radical (unpaired) electrons. The maximum absolute atomic E-state index is 14.1.